The van der Waals surface area contributed by atoms with E-state index in [1.54, 1.807) is 0 Å². The van der Waals surface area contributed by atoms with Gasteiger partial charge in [-0.2, -0.15) is 0 Å². The lowest BCUT2D eigenvalue weighted by molar-refractivity contribution is 0.211. The van der Waals surface area contributed by atoms with E-state index in [0.717, 1.165) is 44.3 Å². The fraction of sp³-hybridized carbons (Fsp3) is 0.667. The monoisotopic (exact) mass is 311 g/mol. The summed E-state index contributed by atoms with van der Waals surface area (Å²) in [5, 5.41) is 0. The largest absolute Gasteiger partial charge is 0.492 e. The van der Waals surface area contributed by atoms with Crippen molar-refractivity contribution < 1.29 is 4.74 Å². The minimum atomic E-state index is 0.765. The average molecular weight is 312 g/mol. The Bertz CT molecular complexity index is 375. The van der Waals surface area contributed by atoms with Crippen molar-refractivity contribution in [2.75, 3.05) is 32.1 Å². The number of rotatable bonds is 11. The van der Waals surface area contributed by atoms with E-state index in [1.165, 1.54) is 30.4 Å². The average Bonchev–Trinajstić information content (AvgIpc) is 2.48. The summed E-state index contributed by atoms with van der Waals surface area (Å²) in [4.78, 5) is 2.47. The normalized spacial score (nSPS) is 11.1. The molecule has 1 aromatic carbocycles. The van der Waals surface area contributed by atoms with Gasteiger partial charge in [0.15, 0.2) is 0 Å². The number of ether oxygens (including phenoxy) is 1. The minimum Gasteiger partial charge on any atom is -0.492 e. The molecule has 0 aromatic heterocycles. The molecule has 0 aliphatic rings. The first-order chi connectivity index (χ1) is 10.2. The van der Waals surface area contributed by atoms with Gasteiger partial charge >= 0.3 is 0 Å². The number of halogens is 1. The molecule has 0 N–H and O–H groups in total. The maximum absolute atomic E-state index is 5.99. The third kappa shape index (κ3) is 7.19. The SMILES string of the molecule is CCN(CCCCCCCl)CCOc1c(C)cccc1C. The van der Waals surface area contributed by atoms with Crippen LogP contribution >= 0.6 is 11.6 Å². The topological polar surface area (TPSA) is 12.5 Å². The standard InChI is InChI=1S/C18H30ClNO/c1-4-20(13-8-6-5-7-12-19)14-15-21-18-16(2)10-9-11-17(18)3/h9-11H,4-8,12-15H2,1-3H3. The zero-order chi connectivity index (χ0) is 15.5. The molecule has 2 nitrogen and oxygen atoms in total. The first-order valence-electron chi connectivity index (χ1n) is 8.16. The molecule has 0 unspecified atom stereocenters. The maximum Gasteiger partial charge on any atom is 0.125 e. The van der Waals surface area contributed by atoms with Crippen LogP contribution in [-0.2, 0) is 0 Å². The highest BCUT2D eigenvalue weighted by molar-refractivity contribution is 6.17. The van der Waals surface area contributed by atoms with Gasteiger partial charge in [0.25, 0.3) is 0 Å². The Kier molecular flexibility index (Phi) is 9.53. The number of alkyl halides is 1. The van der Waals surface area contributed by atoms with Crippen LogP contribution in [0.25, 0.3) is 0 Å². The highest BCUT2D eigenvalue weighted by Gasteiger charge is 2.05. The Hall–Kier alpha value is -0.730. The predicted octanol–water partition coefficient (Wildman–Crippen LogP) is 4.80. The van der Waals surface area contributed by atoms with Gasteiger partial charge in [-0.3, -0.25) is 0 Å². The smallest absolute Gasteiger partial charge is 0.125 e. The van der Waals surface area contributed by atoms with Gasteiger partial charge in [0.2, 0.25) is 0 Å². The molecule has 0 aliphatic heterocycles. The van der Waals surface area contributed by atoms with E-state index in [-0.39, 0.29) is 0 Å². The lowest BCUT2D eigenvalue weighted by Gasteiger charge is -2.21. The van der Waals surface area contributed by atoms with E-state index < -0.39 is 0 Å². The van der Waals surface area contributed by atoms with Gasteiger partial charge in [0.05, 0.1) is 0 Å². The molecule has 0 saturated heterocycles. The van der Waals surface area contributed by atoms with E-state index in [9.17, 15) is 0 Å². The van der Waals surface area contributed by atoms with Gasteiger partial charge in [0, 0.05) is 12.4 Å². The van der Waals surface area contributed by atoms with Crippen LogP contribution in [0.5, 0.6) is 5.75 Å². The summed E-state index contributed by atoms with van der Waals surface area (Å²) in [5.74, 6) is 1.84. The molecule has 0 aliphatic carbocycles. The Morgan fingerprint density at radius 1 is 1.00 bits per heavy atom. The number of hydrogen-bond donors (Lipinski definition) is 0. The highest BCUT2D eigenvalue weighted by Crippen LogP contribution is 2.22. The second kappa shape index (κ2) is 10.9. The zero-order valence-corrected chi connectivity index (χ0v) is 14.6. The van der Waals surface area contributed by atoms with Gasteiger partial charge < -0.3 is 9.64 Å². The van der Waals surface area contributed by atoms with Gasteiger partial charge in [0.1, 0.15) is 12.4 Å². The number of benzene rings is 1. The van der Waals surface area contributed by atoms with Crippen LogP contribution in [0.4, 0.5) is 0 Å². The lowest BCUT2D eigenvalue weighted by Crippen LogP contribution is -2.29. The molecule has 21 heavy (non-hydrogen) atoms. The maximum atomic E-state index is 5.99. The molecule has 0 radical (unpaired) electrons. The van der Waals surface area contributed by atoms with Crippen molar-refractivity contribution in [3.05, 3.63) is 29.3 Å². The van der Waals surface area contributed by atoms with E-state index >= 15 is 0 Å². The number of hydrogen-bond acceptors (Lipinski definition) is 2. The van der Waals surface area contributed by atoms with Crippen LogP contribution in [0.2, 0.25) is 0 Å². The summed E-state index contributed by atoms with van der Waals surface area (Å²) >= 11 is 5.70. The van der Waals surface area contributed by atoms with Crippen molar-refractivity contribution in [3.8, 4) is 5.75 Å². The molecular weight excluding hydrogens is 282 g/mol. The number of nitrogens with zero attached hydrogens (tertiary/aromatic N) is 1. The Labute approximate surface area is 135 Å². The number of para-hydroxylation sites is 1. The summed E-state index contributed by atoms with van der Waals surface area (Å²) in [6, 6.07) is 6.30. The van der Waals surface area contributed by atoms with E-state index in [4.69, 9.17) is 16.3 Å². The molecule has 120 valence electrons. The van der Waals surface area contributed by atoms with Crippen LogP contribution in [0.3, 0.4) is 0 Å². The van der Waals surface area contributed by atoms with Crippen molar-refractivity contribution in [2.24, 2.45) is 0 Å². The summed E-state index contributed by atoms with van der Waals surface area (Å²) in [6.07, 6.45) is 4.93. The molecule has 0 fully saturated rings. The number of likely N-dealkylation sites (N-methyl/N-ethyl adjacent to an activating group) is 1. The Balaban J connectivity index is 2.25. The number of aryl methyl sites for hydroxylation is 2. The van der Waals surface area contributed by atoms with Crippen molar-refractivity contribution in [1.82, 2.24) is 4.90 Å². The molecule has 3 heteroatoms. The first-order valence-corrected chi connectivity index (χ1v) is 8.69. The Morgan fingerprint density at radius 2 is 1.67 bits per heavy atom. The third-order valence-corrected chi connectivity index (χ3v) is 4.14. The predicted molar refractivity (Wildman–Crippen MR) is 92.7 cm³/mol. The Morgan fingerprint density at radius 3 is 2.29 bits per heavy atom. The summed E-state index contributed by atoms with van der Waals surface area (Å²) < 4.78 is 5.99. The molecule has 0 amide bonds. The quantitative estimate of drug-likeness (QED) is 0.430. The summed E-state index contributed by atoms with van der Waals surface area (Å²) in [5.41, 5.74) is 2.44. The van der Waals surface area contributed by atoms with E-state index in [1.807, 2.05) is 0 Å². The van der Waals surface area contributed by atoms with Crippen LogP contribution in [0.1, 0.15) is 43.7 Å². The summed E-state index contributed by atoms with van der Waals surface area (Å²) in [6.45, 7) is 10.5. The van der Waals surface area contributed by atoms with Gasteiger partial charge in [-0.15, -0.1) is 11.6 Å². The molecule has 0 bridgehead atoms. The van der Waals surface area contributed by atoms with Crippen molar-refractivity contribution in [2.45, 2.75) is 46.5 Å². The van der Waals surface area contributed by atoms with Crippen LogP contribution in [0, 0.1) is 13.8 Å². The second-order valence-electron chi connectivity index (χ2n) is 5.61. The number of unbranched alkanes of at least 4 members (excludes halogenated alkanes) is 3. The molecule has 1 aromatic rings. The van der Waals surface area contributed by atoms with Gasteiger partial charge in [-0.05, 0) is 50.9 Å². The molecule has 0 atom stereocenters. The lowest BCUT2D eigenvalue weighted by atomic mass is 10.1. The fourth-order valence-corrected chi connectivity index (χ4v) is 2.70. The molecule has 0 spiro atoms. The van der Waals surface area contributed by atoms with Gasteiger partial charge in [-0.25, -0.2) is 0 Å². The first kappa shape index (κ1) is 18.3. The van der Waals surface area contributed by atoms with Crippen molar-refractivity contribution >= 4 is 11.6 Å². The fourth-order valence-electron chi connectivity index (χ4n) is 2.52. The van der Waals surface area contributed by atoms with E-state index in [2.05, 4.69) is 43.9 Å². The molecule has 1 rings (SSSR count). The van der Waals surface area contributed by atoms with Crippen LogP contribution in [-0.4, -0.2) is 37.0 Å². The minimum absolute atomic E-state index is 0.765. The molecule has 0 saturated carbocycles. The van der Waals surface area contributed by atoms with Gasteiger partial charge in [-0.1, -0.05) is 38.0 Å². The molecular formula is C18H30ClNO. The second-order valence-corrected chi connectivity index (χ2v) is 5.98. The highest BCUT2D eigenvalue weighted by atomic mass is 35.5. The zero-order valence-electron chi connectivity index (χ0n) is 13.8. The molecule has 0 heterocycles. The van der Waals surface area contributed by atoms with Crippen LogP contribution < -0.4 is 4.74 Å². The summed E-state index contributed by atoms with van der Waals surface area (Å²) in [7, 11) is 0. The van der Waals surface area contributed by atoms with Crippen LogP contribution in [0.15, 0.2) is 18.2 Å². The third-order valence-electron chi connectivity index (χ3n) is 3.87. The van der Waals surface area contributed by atoms with Crippen molar-refractivity contribution in [3.63, 3.8) is 0 Å². The van der Waals surface area contributed by atoms with E-state index in [0.29, 0.717) is 0 Å². The van der Waals surface area contributed by atoms with Crippen molar-refractivity contribution in [1.29, 1.82) is 0 Å².